The molecule has 0 radical (unpaired) electrons. The molecule has 0 saturated heterocycles. The number of hydrogen-bond donors (Lipinski definition) is 3. The third kappa shape index (κ3) is 3.64. The maximum Gasteiger partial charge on any atom is 0.491 e. The van der Waals surface area contributed by atoms with Crippen LogP contribution in [-0.2, 0) is 16.2 Å². The Labute approximate surface area is 158 Å². The molecule has 0 amide bonds. The van der Waals surface area contributed by atoms with E-state index in [0.717, 1.165) is 11.1 Å². The van der Waals surface area contributed by atoms with Gasteiger partial charge in [0, 0.05) is 41.3 Å². The van der Waals surface area contributed by atoms with Crippen LogP contribution in [0.5, 0.6) is 0 Å². The van der Waals surface area contributed by atoms with Crippen LogP contribution in [0.4, 0.5) is 5.69 Å². The van der Waals surface area contributed by atoms with Crippen molar-refractivity contribution in [3.63, 3.8) is 0 Å². The average molecular weight is 398 g/mol. The van der Waals surface area contributed by atoms with Gasteiger partial charge in [-0.15, -0.1) is 0 Å². The van der Waals surface area contributed by atoms with E-state index < -0.39 is 7.82 Å². The Balaban J connectivity index is 1.89. The summed E-state index contributed by atoms with van der Waals surface area (Å²) in [5, 5.41) is 5.58. The van der Waals surface area contributed by atoms with E-state index in [-0.39, 0.29) is 11.1 Å². The van der Waals surface area contributed by atoms with Crippen LogP contribution >= 0.6 is 7.82 Å². The Morgan fingerprint density at radius 2 is 1.86 bits per heavy atom. The number of hydrogen-bond acceptors (Lipinski definition) is 6. The highest BCUT2D eigenvalue weighted by Gasteiger charge is 2.14. The molecule has 0 atom stereocenters. The molecule has 10 heteroatoms. The minimum Gasteiger partial charge on any atom is -0.301 e. The molecule has 142 valence electrons. The number of nitrogens with one attached hydrogen (secondary N) is 1. The van der Waals surface area contributed by atoms with Crippen molar-refractivity contribution in [1.29, 1.82) is 0 Å². The molecule has 0 unspecified atom stereocenters. The second-order valence-electron chi connectivity index (χ2n) is 6.21. The van der Waals surface area contributed by atoms with E-state index in [1.54, 1.807) is 54.5 Å². The predicted octanol–water partition coefficient (Wildman–Crippen LogP) is 2.58. The maximum absolute atomic E-state index is 13.1. The fourth-order valence-electron chi connectivity index (χ4n) is 2.91. The zero-order valence-corrected chi connectivity index (χ0v) is 15.5. The molecule has 4 rings (SSSR count). The third-order valence-corrected chi connectivity index (χ3v) is 4.53. The highest BCUT2D eigenvalue weighted by molar-refractivity contribution is 7.46. The first-order valence-electron chi connectivity index (χ1n) is 8.16. The van der Waals surface area contributed by atoms with Gasteiger partial charge in [0.1, 0.15) is 0 Å². The largest absolute Gasteiger partial charge is 0.491 e. The highest BCUT2D eigenvalue weighted by atomic mass is 31.2. The Bertz CT molecular complexity index is 1310. The summed E-state index contributed by atoms with van der Waals surface area (Å²) in [6.07, 6.45) is 5.20. The van der Waals surface area contributed by atoms with Crippen LogP contribution in [0, 0.1) is 0 Å². The first kappa shape index (κ1) is 18.3. The second-order valence-corrected chi connectivity index (χ2v) is 7.37. The molecular formula is C18H15N4O5P. The zero-order chi connectivity index (χ0) is 19.9. The van der Waals surface area contributed by atoms with Crippen molar-refractivity contribution in [1.82, 2.24) is 14.8 Å². The SMILES string of the molecule is Cn1cc(-c2cnc3ccc4ccc(NOP(=O)(O)O)cc4c(=O)c3c2)cn1. The van der Waals surface area contributed by atoms with Crippen molar-refractivity contribution in [2.24, 2.45) is 7.05 Å². The summed E-state index contributed by atoms with van der Waals surface area (Å²) < 4.78 is 16.8. The monoisotopic (exact) mass is 398 g/mol. The van der Waals surface area contributed by atoms with E-state index in [4.69, 9.17) is 9.79 Å². The molecule has 4 aromatic rings. The number of rotatable bonds is 4. The molecule has 0 fully saturated rings. The molecule has 3 N–H and O–H groups in total. The van der Waals surface area contributed by atoms with Gasteiger partial charge in [-0.25, -0.2) is 4.57 Å². The van der Waals surface area contributed by atoms with Crippen LogP contribution < -0.4 is 10.9 Å². The molecule has 0 aliphatic carbocycles. The first-order chi connectivity index (χ1) is 13.3. The topological polar surface area (TPSA) is 127 Å². The third-order valence-electron chi connectivity index (χ3n) is 4.20. The lowest BCUT2D eigenvalue weighted by Crippen LogP contribution is -2.02. The molecule has 2 heterocycles. The normalized spacial score (nSPS) is 11.8. The van der Waals surface area contributed by atoms with Gasteiger partial charge in [-0.3, -0.25) is 19.9 Å². The van der Waals surface area contributed by atoms with Crippen LogP contribution in [0.15, 0.2) is 59.8 Å². The number of benzene rings is 1. The number of anilines is 1. The van der Waals surface area contributed by atoms with Gasteiger partial charge >= 0.3 is 7.82 Å². The summed E-state index contributed by atoms with van der Waals surface area (Å²) in [6.45, 7) is 0. The van der Waals surface area contributed by atoms with E-state index in [1.807, 2.05) is 6.20 Å². The number of pyridine rings is 1. The molecule has 0 spiro atoms. The average Bonchev–Trinajstić information content (AvgIpc) is 3.04. The Morgan fingerprint density at radius 1 is 1.07 bits per heavy atom. The first-order valence-corrected chi connectivity index (χ1v) is 9.69. The van der Waals surface area contributed by atoms with Crippen molar-refractivity contribution in [3.05, 3.63) is 65.2 Å². The molecular weight excluding hydrogens is 383 g/mol. The van der Waals surface area contributed by atoms with Gasteiger partial charge in [0.05, 0.1) is 17.4 Å². The molecule has 0 bridgehead atoms. The summed E-state index contributed by atoms with van der Waals surface area (Å²) in [5.41, 5.74) is 4.29. The van der Waals surface area contributed by atoms with Gasteiger partial charge in [-0.2, -0.15) is 9.72 Å². The van der Waals surface area contributed by atoms with Gasteiger partial charge in [-0.1, -0.05) is 12.1 Å². The van der Waals surface area contributed by atoms with Crippen molar-refractivity contribution < 1.29 is 19.0 Å². The summed E-state index contributed by atoms with van der Waals surface area (Å²) in [4.78, 5) is 35.2. The smallest absolute Gasteiger partial charge is 0.301 e. The minimum atomic E-state index is -4.70. The number of fused-ring (bicyclic) bond motifs is 2. The summed E-state index contributed by atoms with van der Waals surface area (Å²) in [5.74, 6) is 0. The van der Waals surface area contributed by atoms with Crippen molar-refractivity contribution in [2.75, 3.05) is 5.48 Å². The van der Waals surface area contributed by atoms with Crippen LogP contribution in [0.1, 0.15) is 0 Å². The predicted molar refractivity (Wildman–Crippen MR) is 104 cm³/mol. The maximum atomic E-state index is 13.1. The summed E-state index contributed by atoms with van der Waals surface area (Å²) >= 11 is 0. The lowest BCUT2D eigenvalue weighted by atomic mass is 10.1. The summed E-state index contributed by atoms with van der Waals surface area (Å²) in [6, 6.07) is 9.96. The van der Waals surface area contributed by atoms with Crippen molar-refractivity contribution in [3.8, 4) is 11.1 Å². The number of aryl methyl sites for hydroxylation is 1. The summed E-state index contributed by atoms with van der Waals surface area (Å²) in [7, 11) is -2.90. The highest BCUT2D eigenvalue weighted by Crippen LogP contribution is 2.36. The van der Waals surface area contributed by atoms with E-state index in [2.05, 4.69) is 20.2 Å². The Morgan fingerprint density at radius 3 is 2.57 bits per heavy atom. The molecule has 2 aromatic carbocycles. The fourth-order valence-corrected chi connectivity index (χ4v) is 3.13. The minimum absolute atomic E-state index is 0.239. The Hall–Kier alpha value is -3.10. The van der Waals surface area contributed by atoms with E-state index in [1.165, 1.54) is 6.07 Å². The van der Waals surface area contributed by atoms with Gasteiger partial charge in [-0.05, 0) is 29.7 Å². The van der Waals surface area contributed by atoms with E-state index in [9.17, 15) is 9.36 Å². The van der Waals surface area contributed by atoms with Crippen LogP contribution in [-0.4, -0.2) is 24.6 Å². The molecule has 9 nitrogen and oxygen atoms in total. The van der Waals surface area contributed by atoms with Gasteiger partial charge in [0.2, 0.25) is 0 Å². The van der Waals surface area contributed by atoms with E-state index in [0.29, 0.717) is 21.7 Å². The lowest BCUT2D eigenvalue weighted by molar-refractivity contribution is 0.233. The van der Waals surface area contributed by atoms with Crippen LogP contribution in [0.3, 0.4) is 0 Å². The fraction of sp³-hybridized carbons (Fsp3) is 0.0556. The standard InChI is InChI=1S/C18H15N4O5P/c1-22-10-13(9-20-22)12-6-16-17(19-8-12)5-3-11-2-4-14(7-15(11)18(16)23)21-27-28(24,25)26/h2-10,21H,1H3,(H2,24,25,26). The van der Waals surface area contributed by atoms with Gasteiger partial charge in [0.15, 0.2) is 5.43 Å². The Kier molecular flexibility index (Phi) is 4.44. The number of nitrogens with zero attached hydrogens (tertiary/aromatic N) is 3. The number of phosphoric acid groups is 1. The van der Waals surface area contributed by atoms with Gasteiger partial charge in [0.25, 0.3) is 0 Å². The zero-order valence-electron chi connectivity index (χ0n) is 14.6. The number of aromatic nitrogens is 3. The van der Waals surface area contributed by atoms with Crippen LogP contribution in [0.25, 0.3) is 32.8 Å². The van der Waals surface area contributed by atoms with Crippen molar-refractivity contribution in [2.45, 2.75) is 0 Å². The van der Waals surface area contributed by atoms with Crippen molar-refractivity contribution >= 4 is 35.2 Å². The van der Waals surface area contributed by atoms with E-state index >= 15 is 0 Å². The molecule has 0 saturated carbocycles. The molecule has 28 heavy (non-hydrogen) atoms. The molecule has 0 aliphatic heterocycles. The molecule has 2 aromatic heterocycles. The second kappa shape index (κ2) is 6.81. The van der Waals surface area contributed by atoms with Crippen LogP contribution in [0.2, 0.25) is 0 Å². The lowest BCUT2D eigenvalue weighted by Gasteiger charge is -2.07. The quantitative estimate of drug-likeness (QED) is 0.354. The van der Waals surface area contributed by atoms with Gasteiger partial charge < -0.3 is 9.79 Å². The molecule has 0 aliphatic rings.